The lowest BCUT2D eigenvalue weighted by atomic mass is 10.1. The van der Waals surface area contributed by atoms with Gasteiger partial charge >= 0.3 is 0 Å². The molecule has 1 saturated heterocycles. The summed E-state index contributed by atoms with van der Waals surface area (Å²) in [6.07, 6.45) is 0.564. The molecule has 0 atom stereocenters. The summed E-state index contributed by atoms with van der Waals surface area (Å²) in [6.45, 7) is 0.767. The van der Waals surface area contributed by atoms with E-state index in [1.807, 2.05) is 0 Å². The number of amides is 2. The van der Waals surface area contributed by atoms with E-state index in [2.05, 4.69) is 0 Å². The third-order valence-corrected chi connectivity index (χ3v) is 5.58. The maximum absolute atomic E-state index is 12.9. The summed E-state index contributed by atoms with van der Waals surface area (Å²) in [7, 11) is 0. The first-order valence-corrected chi connectivity index (χ1v) is 9.79. The molecule has 1 heterocycles. The monoisotopic (exact) mass is 460 g/mol. The normalized spacial score (nSPS) is 14.4. The Labute approximate surface area is 181 Å². The molecule has 1 fully saturated rings. The SMILES string of the molecule is O=C(c1ccc(Cl)cc1Cl)N1CCCN(C(=O)c2ccc(Cl)cc2Cl)C1=S. The molecule has 0 saturated carbocycles. The Morgan fingerprint density at radius 3 is 1.56 bits per heavy atom. The highest BCUT2D eigenvalue weighted by atomic mass is 35.5. The Hall–Kier alpha value is -1.37. The molecule has 0 aliphatic carbocycles. The van der Waals surface area contributed by atoms with E-state index in [-0.39, 0.29) is 38.1 Å². The Morgan fingerprint density at radius 2 is 1.19 bits per heavy atom. The van der Waals surface area contributed by atoms with Crippen LogP contribution in [-0.4, -0.2) is 39.8 Å². The van der Waals surface area contributed by atoms with E-state index in [0.717, 1.165) is 0 Å². The molecule has 2 aromatic rings. The van der Waals surface area contributed by atoms with E-state index in [1.165, 1.54) is 34.1 Å². The van der Waals surface area contributed by atoms with Crippen LogP contribution in [0, 0.1) is 0 Å². The van der Waals surface area contributed by atoms with Crippen molar-refractivity contribution in [2.75, 3.05) is 13.1 Å². The molecule has 2 amide bonds. The molecular formula is C18H12Cl4N2O2S. The largest absolute Gasteiger partial charge is 0.285 e. The molecule has 1 aliphatic rings. The molecule has 27 heavy (non-hydrogen) atoms. The first-order valence-electron chi connectivity index (χ1n) is 7.87. The maximum atomic E-state index is 12.9. The number of thiocarbonyl (C=S) groups is 1. The number of carbonyl (C=O) groups is 2. The fraction of sp³-hybridized carbons (Fsp3) is 0.167. The second-order valence-corrected chi connectivity index (χ2v) is 7.85. The highest BCUT2D eigenvalue weighted by Gasteiger charge is 2.33. The van der Waals surface area contributed by atoms with Crippen LogP contribution in [0.4, 0.5) is 0 Å². The van der Waals surface area contributed by atoms with Gasteiger partial charge in [0.05, 0.1) is 21.2 Å². The lowest BCUT2D eigenvalue weighted by Gasteiger charge is -2.36. The van der Waals surface area contributed by atoms with Gasteiger partial charge in [-0.15, -0.1) is 0 Å². The van der Waals surface area contributed by atoms with Gasteiger partial charge in [-0.25, -0.2) is 0 Å². The first-order chi connectivity index (χ1) is 12.8. The average Bonchev–Trinajstić information content (AvgIpc) is 2.61. The van der Waals surface area contributed by atoms with Gasteiger partial charge in [0.15, 0.2) is 5.11 Å². The van der Waals surface area contributed by atoms with Gasteiger partial charge in [0.25, 0.3) is 11.8 Å². The predicted octanol–water partition coefficient (Wildman–Crippen LogP) is 5.57. The second-order valence-electron chi connectivity index (χ2n) is 5.80. The summed E-state index contributed by atoms with van der Waals surface area (Å²) in [5.74, 6) is -0.775. The van der Waals surface area contributed by atoms with Gasteiger partial charge in [0, 0.05) is 23.1 Å². The molecule has 0 unspecified atom stereocenters. The third-order valence-electron chi connectivity index (χ3n) is 4.04. The molecular weight excluding hydrogens is 450 g/mol. The van der Waals surface area contributed by atoms with Gasteiger partial charge in [-0.3, -0.25) is 19.4 Å². The highest BCUT2D eigenvalue weighted by Crippen LogP contribution is 2.26. The number of halogens is 4. The zero-order chi connectivity index (χ0) is 19.7. The van der Waals surface area contributed by atoms with Crippen LogP contribution in [0.2, 0.25) is 20.1 Å². The minimum absolute atomic E-state index is 0.105. The Morgan fingerprint density at radius 1 is 0.778 bits per heavy atom. The van der Waals surface area contributed by atoms with Crippen LogP contribution in [0.1, 0.15) is 27.1 Å². The first kappa shape index (κ1) is 20.4. The number of nitrogens with zero attached hydrogens (tertiary/aromatic N) is 2. The van der Waals surface area contributed by atoms with Crippen molar-refractivity contribution in [2.24, 2.45) is 0 Å². The van der Waals surface area contributed by atoms with E-state index in [4.69, 9.17) is 58.6 Å². The van der Waals surface area contributed by atoms with Crippen LogP contribution < -0.4 is 0 Å². The quantitative estimate of drug-likeness (QED) is 0.548. The molecule has 0 radical (unpaired) electrons. The molecule has 3 rings (SSSR count). The van der Waals surface area contributed by atoms with Crippen molar-refractivity contribution in [3.8, 4) is 0 Å². The molecule has 2 aromatic carbocycles. The Bertz CT molecular complexity index is 877. The lowest BCUT2D eigenvalue weighted by molar-refractivity contribution is 0.0746. The number of rotatable bonds is 2. The number of hydrogen-bond donors (Lipinski definition) is 0. The molecule has 0 bridgehead atoms. The van der Waals surface area contributed by atoms with Crippen molar-refractivity contribution in [3.05, 3.63) is 67.6 Å². The van der Waals surface area contributed by atoms with Crippen LogP contribution in [-0.2, 0) is 0 Å². The van der Waals surface area contributed by atoms with Crippen LogP contribution >= 0.6 is 58.6 Å². The predicted molar refractivity (Wildman–Crippen MR) is 112 cm³/mol. The van der Waals surface area contributed by atoms with Crippen molar-refractivity contribution in [2.45, 2.75) is 6.42 Å². The van der Waals surface area contributed by atoms with Crippen LogP contribution in [0.15, 0.2) is 36.4 Å². The van der Waals surface area contributed by atoms with Crippen molar-refractivity contribution in [1.82, 2.24) is 9.80 Å². The maximum Gasteiger partial charge on any atom is 0.261 e. The number of carbonyl (C=O) groups excluding carboxylic acids is 2. The second kappa shape index (κ2) is 8.33. The number of benzene rings is 2. The lowest BCUT2D eigenvalue weighted by Crippen LogP contribution is -2.53. The highest BCUT2D eigenvalue weighted by molar-refractivity contribution is 7.80. The van der Waals surface area contributed by atoms with E-state index in [0.29, 0.717) is 29.6 Å². The molecule has 140 valence electrons. The van der Waals surface area contributed by atoms with Crippen LogP contribution in [0.5, 0.6) is 0 Å². The topological polar surface area (TPSA) is 40.6 Å². The summed E-state index contributed by atoms with van der Waals surface area (Å²) >= 11 is 29.5. The molecule has 4 nitrogen and oxygen atoms in total. The van der Waals surface area contributed by atoms with E-state index in [1.54, 1.807) is 12.1 Å². The minimum Gasteiger partial charge on any atom is -0.285 e. The molecule has 1 aliphatic heterocycles. The van der Waals surface area contributed by atoms with Gasteiger partial charge in [-0.05, 0) is 55.0 Å². The van der Waals surface area contributed by atoms with Gasteiger partial charge in [0.1, 0.15) is 0 Å². The Balaban J connectivity index is 1.87. The van der Waals surface area contributed by atoms with Crippen molar-refractivity contribution in [3.63, 3.8) is 0 Å². The summed E-state index contributed by atoms with van der Waals surface area (Å²) in [4.78, 5) is 28.5. The molecule has 0 spiro atoms. The van der Waals surface area contributed by atoms with E-state index < -0.39 is 0 Å². The summed E-state index contributed by atoms with van der Waals surface area (Å²) in [5.41, 5.74) is 0.532. The fourth-order valence-corrected chi connectivity index (χ4v) is 4.04. The average molecular weight is 462 g/mol. The Kier molecular flexibility index (Phi) is 6.28. The van der Waals surface area contributed by atoms with Crippen LogP contribution in [0.3, 0.4) is 0 Å². The summed E-state index contributed by atoms with van der Waals surface area (Å²) in [6, 6.07) is 9.19. The van der Waals surface area contributed by atoms with E-state index in [9.17, 15) is 9.59 Å². The third kappa shape index (κ3) is 4.23. The fourth-order valence-electron chi connectivity index (χ4n) is 2.72. The summed E-state index contributed by atoms with van der Waals surface area (Å²) in [5, 5.41) is 1.39. The van der Waals surface area contributed by atoms with Crippen LogP contribution in [0.25, 0.3) is 0 Å². The molecule has 0 aromatic heterocycles. The van der Waals surface area contributed by atoms with Gasteiger partial charge < -0.3 is 0 Å². The van der Waals surface area contributed by atoms with Gasteiger partial charge in [-0.1, -0.05) is 46.4 Å². The summed E-state index contributed by atoms with van der Waals surface area (Å²) < 4.78 is 0. The van der Waals surface area contributed by atoms with E-state index >= 15 is 0 Å². The standard InChI is InChI=1S/C18H12Cl4N2O2S/c19-10-2-4-12(14(21)8-10)16(25)23-6-1-7-24(18(23)27)17(26)13-5-3-11(20)9-15(13)22/h2-5,8-9H,1,6-7H2. The molecule has 0 N–H and O–H groups in total. The van der Waals surface area contributed by atoms with Gasteiger partial charge in [-0.2, -0.15) is 0 Å². The zero-order valence-corrected chi connectivity index (χ0v) is 17.6. The van der Waals surface area contributed by atoms with Crippen molar-refractivity contribution < 1.29 is 9.59 Å². The van der Waals surface area contributed by atoms with Crippen molar-refractivity contribution in [1.29, 1.82) is 0 Å². The molecule has 9 heteroatoms. The van der Waals surface area contributed by atoms with Gasteiger partial charge in [0.2, 0.25) is 0 Å². The van der Waals surface area contributed by atoms with Crippen molar-refractivity contribution >= 4 is 75.5 Å². The minimum atomic E-state index is -0.388. The smallest absolute Gasteiger partial charge is 0.261 e. The zero-order valence-electron chi connectivity index (χ0n) is 13.7. The number of hydrogen-bond acceptors (Lipinski definition) is 3.